The zero-order chi connectivity index (χ0) is 20.8. The molecule has 0 unspecified atom stereocenters. The first-order valence-electron chi connectivity index (χ1n) is 8.71. The fourth-order valence-corrected chi connectivity index (χ4v) is 3.49. The van der Waals surface area contributed by atoms with Gasteiger partial charge < -0.3 is 9.47 Å². The number of rotatable bonds is 7. The maximum Gasteiger partial charge on any atom is 0.237 e. The number of carbonyl (C=O) groups is 1. The van der Waals surface area contributed by atoms with E-state index in [4.69, 9.17) is 5.26 Å². The lowest BCUT2D eigenvalue weighted by atomic mass is 10.2. The lowest BCUT2D eigenvalue weighted by Crippen LogP contribution is -2.34. The Balaban J connectivity index is 1.74. The van der Waals surface area contributed by atoms with E-state index in [2.05, 4.69) is 10.2 Å². The quantitative estimate of drug-likeness (QED) is 0.551. The van der Waals surface area contributed by atoms with Gasteiger partial charge in [0.25, 0.3) is 0 Å². The molecule has 0 aliphatic heterocycles. The van der Waals surface area contributed by atoms with Crippen LogP contribution in [0, 0.1) is 23.0 Å². The summed E-state index contributed by atoms with van der Waals surface area (Å²) in [7, 11) is 1.75. The van der Waals surface area contributed by atoms with E-state index in [-0.39, 0.29) is 36.1 Å². The number of amides is 1. The van der Waals surface area contributed by atoms with E-state index in [0.717, 1.165) is 11.8 Å². The highest BCUT2D eigenvalue weighted by Gasteiger charge is 2.20. The molecule has 0 bridgehead atoms. The average molecular weight is 413 g/mol. The first-order valence-corrected chi connectivity index (χ1v) is 9.69. The molecule has 1 amide bonds. The fraction of sp³-hybridized carbons (Fsp3) is 0.200. The number of carbonyl (C=O) groups excluding carboxylic acids is 1. The Kier molecular flexibility index (Phi) is 6.57. The zero-order valence-electron chi connectivity index (χ0n) is 15.5. The summed E-state index contributed by atoms with van der Waals surface area (Å²) in [6.07, 6.45) is 0.0867. The second-order valence-corrected chi connectivity index (χ2v) is 7.01. The molecule has 0 N–H and O–H groups in total. The molecule has 3 rings (SSSR count). The molecule has 0 aliphatic carbocycles. The molecule has 148 valence electrons. The number of aromatic nitrogens is 3. The van der Waals surface area contributed by atoms with Crippen molar-refractivity contribution in [3.63, 3.8) is 0 Å². The van der Waals surface area contributed by atoms with Gasteiger partial charge in [0.15, 0.2) is 11.0 Å². The minimum atomic E-state index is -0.527. The van der Waals surface area contributed by atoms with Crippen LogP contribution in [0.3, 0.4) is 0 Å². The monoisotopic (exact) mass is 413 g/mol. The van der Waals surface area contributed by atoms with Gasteiger partial charge in [-0.05, 0) is 36.4 Å². The summed E-state index contributed by atoms with van der Waals surface area (Å²) in [5.74, 6) is -0.686. The van der Waals surface area contributed by atoms with Gasteiger partial charge in [0.2, 0.25) is 5.91 Å². The van der Waals surface area contributed by atoms with Gasteiger partial charge in [0.1, 0.15) is 11.6 Å². The van der Waals surface area contributed by atoms with Crippen LogP contribution in [-0.2, 0) is 11.8 Å². The second kappa shape index (κ2) is 9.30. The number of halogens is 2. The van der Waals surface area contributed by atoms with Crippen molar-refractivity contribution in [2.24, 2.45) is 7.05 Å². The molecule has 6 nitrogen and oxygen atoms in total. The summed E-state index contributed by atoms with van der Waals surface area (Å²) >= 11 is 1.15. The van der Waals surface area contributed by atoms with Crippen molar-refractivity contribution in [1.82, 2.24) is 14.8 Å². The smallest absolute Gasteiger partial charge is 0.237 e. The number of para-hydroxylation sites is 1. The molecule has 0 atom stereocenters. The number of thioether (sulfide) groups is 1. The Morgan fingerprint density at radius 2 is 1.90 bits per heavy atom. The van der Waals surface area contributed by atoms with Gasteiger partial charge in [-0.2, -0.15) is 5.26 Å². The molecular weight excluding hydrogens is 396 g/mol. The first-order chi connectivity index (χ1) is 14.0. The van der Waals surface area contributed by atoms with Crippen molar-refractivity contribution in [1.29, 1.82) is 5.26 Å². The van der Waals surface area contributed by atoms with Crippen molar-refractivity contribution in [2.45, 2.75) is 11.6 Å². The Bertz CT molecular complexity index is 1050. The molecular formula is C20H17F2N5OS. The van der Waals surface area contributed by atoms with E-state index >= 15 is 0 Å². The van der Waals surface area contributed by atoms with Crippen molar-refractivity contribution >= 4 is 23.4 Å². The molecule has 29 heavy (non-hydrogen) atoms. The number of hydrogen-bond donors (Lipinski definition) is 0. The molecule has 0 saturated carbocycles. The Hall–Kier alpha value is -3.25. The molecule has 0 fully saturated rings. The van der Waals surface area contributed by atoms with Crippen LogP contribution in [0.2, 0.25) is 0 Å². The maximum absolute atomic E-state index is 14.1. The third-order valence-corrected chi connectivity index (χ3v) is 5.16. The minimum Gasteiger partial charge on any atom is -0.308 e. The standard InChI is InChI=1S/C20H17F2N5OS/c1-26-19(14-7-9-15(21)10-8-14)24-25-20(26)29-13-18(28)27(12-4-11-23)17-6-3-2-5-16(17)22/h2-3,5-10H,4,12-13H2,1H3. The number of benzene rings is 2. The summed E-state index contributed by atoms with van der Waals surface area (Å²) in [6, 6.07) is 13.8. The SMILES string of the molecule is Cn1c(SCC(=O)N(CCC#N)c2ccccc2F)nnc1-c1ccc(F)cc1. The highest BCUT2D eigenvalue weighted by molar-refractivity contribution is 7.99. The lowest BCUT2D eigenvalue weighted by molar-refractivity contribution is -0.116. The number of anilines is 1. The van der Waals surface area contributed by atoms with Gasteiger partial charge in [-0.15, -0.1) is 10.2 Å². The average Bonchev–Trinajstić information content (AvgIpc) is 3.09. The highest BCUT2D eigenvalue weighted by Crippen LogP contribution is 2.25. The number of nitriles is 1. The summed E-state index contributed by atoms with van der Waals surface area (Å²) < 4.78 is 29.0. The minimum absolute atomic E-state index is 0.00481. The Morgan fingerprint density at radius 1 is 1.17 bits per heavy atom. The molecule has 3 aromatic rings. The molecule has 9 heteroatoms. The van der Waals surface area contributed by atoms with E-state index in [1.807, 2.05) is 6.07 Å². The Labute approximate surface area is 170 Å². The molecule has 2 aromatic carbocycles. The summed E-state index contributed by atoms with van der Waals surface area (Å²) in [5.41, 5.74) is 0.833. The molecule has 0 radical (unpaired) electrons. The molecule has 1 aromatic heterocycles. The molecule has 1 heterocycles. The van der Waals surface area contributed by atoms with Gasteiger partial charge in [-0.1, -0.05) is 23.9 Å². The van der Waals surface area contributed by atoms with Crippen molar-refractivity contribution < 1.29 is 13.6 Å². The van der Waals surface area contributed by atoms with Crippen LogP contribution in [-0.4, -0.2) is 33.0 Å². The fourth-order valence-electron chi connectivity index (χ4n) is 2.71. The predicted octanol–water partition coefficient (Wildman–Crippen LogP) is 3.80. The lowest BCUT2D eigenvalue weighted by Gasteiger charge is -2.22. The third-order valence-electron chi connectivity index (χ3n) is 4.15. The molecule has 0 aliphatic rings. The van der Waals surface area contributed by atoms with Crippen LogP contribution >= 0.6 is 11.8 Å². The van der Waals surface area contributed by atoms with Gasteiger partial charge in [0.05, 0.1) is 23.9 Å². The summed E-state index contributed by atoms with van der Waals surface area (Å²) in [6.45, 7) is 0.0937. The van der Waals surface area contributed by atoms with Crippen molar-refractivity contribution in [3.05, 3.63) is 60.2 Å². The van der Waals surface area contributed by atoms with Crippen LogP contribution in [0.5, 0.6) is 0 Å². The van der Waals surface area contributed by atoms with Gasteiger partial charge >= 0.3 is 0 Å². The highest BCUT2D eigenvalue weighted by atomic mass is 32.2. The van der Waals surface area contributed by atoms with E-state index in [0.29, 0.717) is 16.5 Å². The van der Waals surface area contributed by atoms with Crippen LogP contribution in [0.25, 0.3) is 11.4 Å². The number of hydrogen-bond acceptors (Lipinski definition) is 5. The largest absolute Gasteiger partial charge is 0.308 e. The summed E-state index contributed by atoms with van der Waals surface area (Å²) in [5, 5.41) is 17.5. The maximum atomic E-state index is 14.1. The first kappa shape index (κ1) is 20.5. The van der Waals surface area contributed by atoms with Gasteiger partial charge in [0, 0.05) is 19.2 Å². The number of nitrogens with zero attached hydrogens (tertiary/aromatic N) is 5. The van der Waals surface area contributed by atoms with Crippen LogP contribution < -0.4 is 4.90 Å². The van der Waals surface area contributed by atoms with Gasteiger partial charge in [-0.3, -0.25) is 4.79 Å². The molecule has 0 spiro atoms. The van der Waals surface area contributed by atoms with Crippen molar-refractivity contribution in [3.8, 4) is 17.5 Å². The predicted molar refractivity (Wildman–Crippen MR) is 106 cm³/mol. The normalized spacial score (nSPS) is 10.6. The second-order valence-electron chi connectivity index (χ2n) is 6.07. The third kappa shape index (κ3) is 4.78. The van der Waals surface area contributed by atoms with Crippen molar-refractivity contribution in [2.75, 3.05) is 17.2 Å². The topological polar surface area (TPSA) is 74.8 Å². The summed E-state index contributed by atoms with van der Waals surface area (Å²) in [4.78, 5) is 14.0. The van der Waals surface area contributed by atoms with E-state index in [1.165, 1.54) is 35.2 Å². The van der Waals surface area contributed by atoms with E-state index in [1.54, 1.807) is 29.8 Å². The van der Waals surface area contributed by atoms with Crippen LogP contribution in [0.4, 0.5) is 14.5 Å². The van der Waals surface area contributed by atoms with E-state index < -0.39 is 5.82 Å². The zero-order valence-corrected chi connectivity index (χ0v) is 16.4. The van der Waals surface area contributed by atoms with Gasteiger partial charge in [-0.25, -0.2) is 8.78 Å². The Morgan fingerprint density at radius 3 is 2.59 bits per heavy atom. The molecule has 0 saturated heterocycles. The van der Waals surface area contributed by atoms with E-state index in [9.17, 15) is 13.6 Å². The van der Waals surface area contributed by atoms with Crippen LogP contribution in [0.15, 0.2) is 53.7 Å². The van der Waals surface area contributed by atoms with Crippen LogP contribution in [0.1, 0.15) is 6.42 Å².